The first kappa shape index (κ1) is 16.7. The fourth-order valence-electron chi connectivity index (χ4n) is 2.02. The Balaban J connectivity index is 2.26. The second-order valence-electron chi connectivity index (χ2n) is 4.68. The molecule has 1 fully saturated rings. The molecule has 0 aliphatic carbocycles. The van der Waals surface area contributed by atoms with Crippen molar-refractivity contribution in [3.8, 4) is 0 Å². The predicted octanol–water partition coefficient (Wildman–Crippen LogP) is 1.90. The fourth-order valence-corrected chi connectivity index (χ4v) is 3.38. The maximum absolute atomic E-state index is 12.3. The van der Waals surface area contributed by atoms with Gasteiger partial charge in [-0.15, -0.1) is 0 Å². The molecular weight excluding hydrogens is 322 g/mol. The monoisotopic (exact) mass is 337 g/mol. The molecule has 0 spiro atoms. The smallest absolute Gasteiger partial charge is 0.329 e. The zero-order valence-electron chi connectivity index (χ0n) is 11.9. The van der Waals surface area contributed by atoms with Crippen molar-refractivity contribution in [2.75, 3.05) is 6.61 Å². The zero-order chi connectivity index (χ0) is 16.3. The fraction of sp³-hybridized carbons (Fsp3) is 0.267. The molecule has 1 aromatic carbocycles. The van der Waals surface area contributed by atoms with Gasteiger partial charge >= 0.3 is 5.97 Å². The van der Waals surface area contributed by atoms with Gasteiger partial charge in [0.15, 0.2) is 6.04 Å². The summed E-state index contributed by atoms with van der Waals surface area (Å²) in [5.74, 6) is -1.77. The lowest BCUT2D eigenvalue weighted by molar-refractivity contribution is -0.146. The van der Waals surface area contributed by atoms with Crippen molar-refractivity contribution in [3.05, 3.63) is 40.3 Å². The number of aliphatic hydroxyl groups excluding tert-OH is 1. The molecule has 7 heteroatoms. The van der Waals surface area contributed by atoms with Gasteiger partial charge in [-0.3, -0.25) is 9.69 Å². The molecule has 0 aromatic heterocycles. The Morgan fingerprint density at radius 1 is 1.41 bits per heavy atom. The average molecular weight is 337 g/mol. The largest absolute Gasteiger partial charge is 0.480 e. The molecule has 0 saturated carbocycles. The third kappa shape index (κ3) is 3.37. The van der Waals surface area contributed by atoms with Crippen molar-refractivity contribution in [1.29, 1.82) is 0 Å². The Bertz CT molecular complexity index is 639. The summed E-state index contributed by atoms with van der Waals surface area (Å²) in [5, 5.41) is 18.2. The zero-order valence-corrected chi connectivity index (χ0v) is 13.5. The Morgan fingerprint density at radius 2 is 2.05 bits per heavy atom. The number of hydrogen-bond acceptors (Lipinski definition) is 5. The number of hydrogen-bond donors (Lipinski definition) is 2. The van der Waals surface area contributed by atoms with Crippen LogP contribution in [0.4, 0.5) is 0 Å². The van der Waals surface area contributed by atoms with E-state index in [9.17, 15) is 9.59 Å². The van der Waals surface area contributed by atoms with Crippen molar-refractivity contribution in [2.45, 2.75) is 19.4 Å². The Labute approximate surface area is 137 Å². The summed E-state index contributed by atoms with van der Waals surface area (Å²) in [5.41, 5.74) is 2.03. The molecule has 2 N–H and O–H groups in total. The molecule has 22 heavy (non-hydrogen) atoms. The number of thioether (sulfide) groups is 1. The molecule has 2 rings (SSSR count). The number of carbonyl (C=O) groups is 2. The molecule has 0 radical (unpaired) electrons. The van der Waals surface area contributed by atoms with Crippen LogP contribution in [-0.4, -0.2) is 44.0 Å². The highest BCUT2D eigenvalue weighted by Crippen LogP contribution is 2.34. The summed E-state index contributed by atoms with van der Waals surface area (Å²) in [6.07, 6.45) is 2.61. The van der Waals surface area contributed by atoms with Gasteiger partial charge in [-0.2, -0.15) is 0 Å². The molecule has 1 aromatic rings. The van der Waals surface area contributed by atoms with E-state index >= 15 is 0 Å². The third-order valence-electron chi connectivity index (χ3n) is 3.28. The summed E-state index contributed by atoms with van der Waals surface area (Å²) < 4.78 is 0.142. The molecule has 1 atom stereocenters. The number of amides is 1. The minimum atomic E-state index is -1.35. The summed E-state index contributed by atoms with van der Waals surface area (Å²) in [6.45, 7) is 1.38. The van der Waals surface area contributed by atoms with E-state index in [0.717, 1.165) is 28.6 Å². The van der Waals surface area contributed by atoms with Crippen molar-refractivity contribution in [3.63, 3.8) is 0 Å². The number of rotatable bonds is 5. The number of carboxylic acid groups (broad SMARTS) is 1. The van der Waals surface area contributed by atoms with Gasteiger partial charge in [-0.25, -0.2) is 4.79 Å². The predicted molar refractivity (Wildman–Crippen MR) is 89.3 cm³/mol. The van der Waals surface area contributed by atoms with Gasteiger partial charge in [0, 0.05) is 0 Å². The van der Waals surface area contributed by atoms with Gasteiger partial charge in [-0.1, -0.05) is 55.2 Å². The minimum absolute atomic E-state index is 0.142. The van der Waals surface area contributed by atoms with Gasteiger partial charge in [-0.05, 0) is 23.6 Å². The standard InChI is InChI=1S/C15H15NO4S2/c1-2-9-3-5-10(6-4-9)7-12-13(18)16(15(21)22-12)11(8-17)14(19)20/h3-7,11,17H,2,8H2,1H3,(H,19,20)/b12-7-/t11-/m0/s1. The minimum Gasteiger partial charge on any atom is -0.480 e. The van der Waals surface area contributed by atoms with Crippen LogP contribution in [0.25, 0.3) is 6.08 Å². The number of aryl methyl sites for hydroxylation is 1. The molecule has 1 aliphatic rings. The molecule has 1 aliphatic heterocycles. The number of nitrogens with zero attached hydrogens (tertiary/aromatic N) is 1. The van der Waals surface area contributed by atoms with E-state index in [2.05, 4.69) is 6.92 Å². The van der Waals surface area contributed by atoms with Crippen molar-refractivity contribution in [2.24, 2.45) is 0 Å². The number of carbonyl (C=O) groups excluding carboxylic acids is 1. The SMILES string of the molecule is CCc1ccc(/C=C2\SC(=S)N([C@@H](CO)C(=O)O)C2=O)cc1. The Kier molecular flexibility index (Phi) is 5.33. The highest BCUT2D eigenvalue weighted by atomic mass is 32.2. The van der Waals surface area contributed by atoms with Gasteiger partial charge < -0.3 is 10.2 Å². The lowest BCUT2D eigenvalue weighted by Crippen LogP contribution is -2.46. The van der Waals surface area contributed by atoms with Crippen LogP contribution < -0.4 is 0 Å². The van der Waals surface area contributed by atoms with E-state index in [4.69, 9.17) is 22.4 Å². The highest BCUT2D eigenvalue weighted by Gasteiger charge is 2.40. The quantitative estimate of drug-likeness (QED) is 0.631. The molecule has 1 saturated heterocycles. The highest BCUT2D eigenvalue weighted by molar-refractivity contribution is 8.26. The van der Waals surface area contributed by atoms with Crippen LogP contribution in [-0.2, 0) is 16.0 Å². The summed E-state index contributed by atoms with van der Waals surface area (Å²) in [6, 6.07) is 6.39. The van der Waals surface area contributed by atoms with Crippen LogP contribution in [0.3, 0.4) is 0 Å². The van der Waals surface area contributed by atoms with Crippen LogP contribution in [0.2, 0.25) is 0 Å². The second-order valence-corrected chi connectivity index (χ2v) is 6.36. The molecule has 1 heterocycles. The van der Waals surface area contributed by atoms with E-state index in [0.29, 0.717) is 4.91 Å². The van der Waals surface area contributed by atoms with Crippen LogP contribution in [0, 0.1) is 0 Å². The average Bonchev–Trinajstić information content (AvgIpc) is 2.76. The van der Waals surface area contributed by atoms with Gasteiger partial charge in [0.25, 0.3) is 5.91 Å². The van der Waals surface area contributed by atoms with Gasteiger partial charge in [0.1, 0.15) is 4.32 Å². The van der Waals surface area contributed by atoms with Crippen molar-refractivity contribution in [1.82, 2.24) is 4.90 Å². The normalized spacial score (nSPS) is 18.1. The Morgan fingerprint density at radius 3 is 2.55 bits per heavy atom. The van der Waals surface area contributed by atoms with E-state index in [-0.39, 0.29) is 4.32 Å². The number of aliphatic hydroxyl groups is 1. The van der Waals surface area contributed by atoms with E-state index < -0.39 is 24.5 Å². The van der Waals surface area contributed by atoms with Crippen molar-refractivity contribution >= 4 is 46.3 Å². The number of thiocarbonyl (C=S) groups is 1. The first-order valence-electron chi connectivity index (χ1n) is 6.67. The first-order valence-corrected chi connectivity index (χ1v) is 7.90. The van der Waals surface area contributed by atoms with E-state index in [1.165, 1.54) is 5.56 Å². The molecule has 5 nitrogen and oxygen atoms in total. The van der Waals surface area contributed by atoms with Crippen LogP contribution in [0.5, 0.6) is 0 Å². The molecule has 0 bridgehead atoms. The summed E-state index contributed by atoms with van der Waals surface area (Å²) in [7, 11) is 0. The maximum atomic E-state index is 12.3. The second kappa shape index (κ2) is 7.04. The number of carboxylic acids is 1. The summed E-state index contributed by atoms with van der Waals surface area (Å²) in [4.78, 5) is 24.7. The van der Waals surface area contributed by atoms with E-state index in [1.54, 1.807) is 6.08 Å². The topological polar surface area (TPSA) is 77.8 Å². The van der Waals surface area contributed by atoms with Crippen LogP contribution in [0.1, 0.15) is 18.1 Å². The summed E-state index contributed by atoms with van der Waals surface area (Å²) >= 11 is 6.11. The van der Waals surface area contributed by atoms with E-state index in [1.807, 2.05) is 24.3 Å². The molecule has 0 unspecified atom stereocenters. The number of benzene rings is 1. The van der Waals surface area contributed by atoms with Gasteiger partial charge in [0.2, 0.25) is 0 Å². The Hall–Kier alpha value is -1.70. The van der Waals surface area contributed by atoms with Crippen LogP contribution >= 0.6 is 24.0 Å². The third-order valence-corrected chi connectivity index (χ3v) is 4.61. The van der Waals surface area contributed by atoms with Gasteiger partial charge in [0.05, 0.1) is 11.5 Å². The lowest BCUT2D eigenvalue weighted by Gasteiger charge is -2.20. The van der Waals surface area contributed by atoms with Crippen LogP contribution in [0.15, 0.2) is 29.2 Å². The van der Waals surface area contributed by atoms with Crippen molar-refractivity contribution < 1.29 is 19.8 Å². The molecule has 1 amide bonds. The lowest BCUT2D eigenvalue weighted by atomic mass is 10.1. The molecule has 116 valence electrons. The maximum Gasteiger partial charge on any atom is 0.329 e. The number of aliphatic carboxylic acids is 1. The molecular formula is C15H15NO4S2. The first-order chi connectivity index (χ1) is 10.5.